The van der Waals surface area contributed by atoms with E-state index in [0.29, 0.717) is 18.9 Å². The molecular formula is C26H30N6O. The first kappa shape index (κ1) is 22.5. The molecule has 170 valence electrons. The summed E-state index contributed by atoms with van der Waals surface area (Å²) in [5, 5.41) is 12.5. The third kappa shape index (κ3) is 5.19. The number of carbonyl (C=O) groups is 1. The highest BCUT2D eigenvalue weighted by Crippen LogP contribution is 2.23. The van der Waals surface area contributed by atoms with Crippen LogP contribution in [0.1, 0.15) is 36.4 Å². The standard InChI is InChI=1S/C26H30N6O/c1-18(2)16-31-20(4)24(19(3)29-31)14-25(33)28-15-22-17-32(23-8-6-5-7-9-23)30-26(22)21-10-12-27-13-11-21/h5-13,17-18H,14-16H2,1-4H3,(H,28,33). The lowest BCUT2D eigenvalue weighted by molar-refractivity contribution is -0.120. The number of nitrogens with one attached hydrogen (secondary N) is 1. The Morgan fingerprint density at radius 3 is 2.45 bits per heavy atom. The molecule has 7 heteroatoms. The number of amides is 1. The van der Waals surface area contributed by atoms with Crippen LogP contribution in [0.2, 0.25) is 0 Å². The Morgan fingerprint density at radius 1 is 1.03 bits per heavy atom. The molecule has 33 heavy (non-hydrogen) atoms. The van der Waals surface area contributed by atoms with Crippen LogP contribution in [-0.2, 0) is 24.3 Å². The zero-order valence-electron chi connectivity index (χ0n) is 19.6. The fourth-order valence-corrected chi connectivity index (χ4v) is 3.94. The molecular weight excluding hydrogens is 412 g/mol. The molecule has 0 radical (unpaired) electrons. The van der Waals surface area contributed by atoms with Crippen molar-refractivity contribution in [1.82, 2.24) is 29.9 Å². The summed E-state index contributed by atoms with van der Waals surface area (Å²) >= 11 is 0. The van der Waals surface area contributed by atoms with Gasteiger partial charge in [0, 0.05) is 54.1 Å². The van der Waals surface area contributed by atoms with Gasteiger partial charge in [0.1, 0.15) is 0 Å². The topological polar surface area (TPSA) is 77.6 Å². The minimum Gasteiger partial charge on any atom is -0.352 e. The third-order valence-electron chi connectivity index (χ3n) is 5.65. The summed E-state index contributed by atoms with van der Waals surface area (Å²) in [5.74, 6) is 0.468. The van der Waals surface area contributed by atoms with Crippen LogP contribution in [0.5, 0.6) is 0 Å². The Hall–Kier alpha value is -3.74. The van der Waals surface area contributed by atoms with Gasteiger partial charge in [0.15, 0.2) is 0 Å². The number of aryl methyl sites for hydroxylation is 1. The fraction of sp³-hybridized carbons (Fsp3) is 0.308. The van der Waals surface area contributed by atoms with E-state index in [1.165, 1.54) is 0 Å². The summed E-state index contributed by atoms with van der Waals surface area (Å²) in [5.41, 5.74) is 6.69. The monoisotopic (exact) mass is 442 g/mol. The number of aromatic nitrogens is 5. The van der Waals surface area contributed by atoms with Gasteiger partial charge in [-0.05, 0) is 44.0 Å². The van der Waals surface area contributed by atoms with Gasteiger partial charge >= 0.3 is 0 Å². The minimum absolute atomic E-state index is 0.0292. The molecule has 0 aliphatic heterocycles. The minimum atomic E-state index is -0.0292. The van der Waals surface area contributed by atoms with Crippen molar-refractivity contribution in [2.24, 2.45) is 5.92 Å². The smallest absolute Gasteiger partial charge is 0.224 e. The summed E-state index contributed by atoms with van der Waals surface area (Å²) in [7, 11) is 0. The number of hydrogen-bond donors (Lipinski definition) is 1. The molecule has 4 rings (SSSR count). The quantitative estimate of drug-likeness (QED) is 0.442. The van der Waals surface area contributed by atoms with Gasteiger partial charge in [0.2, 0.25) is 5.91 Å². The van der Waals surface area contributed by atoms with Crippen molar-refractivity contribution in [3.63, 3.8) is 0 Å². The molecule has 3 heterocycles. The van der Waals surface area contributed by atoms with E-state index >= 15 is 0 Å². The highest BCUT2D eigenvalue weighted by molar-refractivity contribution is 5.79. The van der Waals surface area contributed by atoms with Crippen molar-refractivity contribution in [3.05, 3.63) is 83.6 Å². The van der Waals surface area contributed by atoms with E-state index in [2.05, 4.69) is 29.2 Å². The Labute approximate surface area is 194 Å². The van der Waals surface area contributed by atoms with E-state index < -0.39 is 0 Å². The van der Waals surface area contributed by atoms with E-state index in [0.717, 1.165) is 46.0 Å². The predicted molar refractivity (Wildman–Crippen MR) is 129 cm³/mol. The van der Waals surface area contributed by atoms with Crippen LogP contribution < -0.4 is 5.32 Å². The molecule has 0 aliphatic rings. The van der Waals surface area contributed by atoms with Gasteiger partial charge in [0.05, 0.1) is 23.5 Å². The number of carbonyl (C=O) groups excluding carboxylic acids is 1. The van der Waals surface area contributed by atoms with Gasteiger partial charge in [-0.2, -0.15) is 10.2 Å². The Balaban J connectivity index is 1.53. The largest absolute Gasteiger partial charge is 0.352 e. The summed E-state index contributed by atoms with van der Waals surface area (Å²) < 4.78 is 3.86. The molecule has 0 saturated heterocycles. The van der Waals surface area contributed by atoms with E-state index in [-0.39, 0.29) is 5.91 Å². The first-order valence-electron chi connectivity index (χ1n) is 11.3. The third-order valence-corrected chi connectivity index (χ3v) is 5.65. The van der Waals surface area contributed by atoms with E-state index in [1.54, 1.807) is 12.4 Å². The summed E-state index contributed by atoms with van der Waals surface area (Å²) in [4.78, 5) is 17.0. The van der Waals surface area contributed by atoms with Gasteiger partial charge in [-0.1, -0.05) is 32.0 Å². The maximum Gasteiger partial charge on any atom is 0.224 e. The second-order valence-electron chi connectivity index (χ2n) is 8.70. The molecule has 3 aromatic heterocycles. The molecule has 0 unspecified atom stereocenters. The molecule has 0 spiro atoms. The Bertz CT molecular complexity index is 1220. The van der Waals surface area contributed by atoms with Crippen LogP contribution in [0, 0.1) is 19.8 Å². The Kier molecular flexibility index (Phi) is 6.68. The van der Waals surface area contributed by atoms with Crippen molar-refractivity contribution in [3.8, 4) is 16.9 Å². The van der Waals surface area contributed by atoms with Crippen molar-refractivity contribution in [2.75, 3.05) is 0 Å². The van der Waals surface area contributed by atoms with Gasteiger partial charge < -0.3 is 5.32 Å². The van der Waals surface area contributed by atoms with Crippen LogP contribution in [0.25, 0.3) is 16.9 Å². The van der Waals surface area contributed by atoms with Crippen LogP contribution in [-0.4, -0.2) is 30.5 Å². The van der Waals surface area contributed by atoms with E-state index in [9.17, 15) is 4.79 Å². The molecule has 0 aliphatic carbocycles. The predicted octanol–water partition coefficient (Wildman–Crippen LogP) is 4.26. The number of rotatable bonds is 8. The molecule has 0 atom stereocenters. The molecule has 0 bridgehead atoms. The molecule has 7 nitrogen and oxygen atoms in total. The van der Waals surface area contributed by atoms with Crippen molar-refractivity contribution in [2.45, 2.75) is 47.2 Å². The van der Waals surface area contributed by atoms with Crippen LogP contribution in [0.4, 0.5) is 0 Å². The van der Waals surface area contributed by atoms with Gasteiger partial charge in [-0.25, -0.2) is 4.68 Å². The second-order valence-corrected chi connectivity index (χ2v) is 8.70. The molecule has 0 saturated carbocycles. The summed E-state index contributed by atoms with van der Waals surface area (Å²) in [6.07, 6.45) is 5.79. The first-order valence-corrected chi connectivity index (χ1v) is 11.3. The average molecular weight is 443 g/mol. The van der Waals surface area contributed by atoms with Gasteiger partial charge in [-0.3, -0.25) is 14.5 Å². The zero-order chi connectivity index (χ0) is 23.4. The SMILES string of the molecule is Cc1nn(CC(C)C)c(C)c1CC(=O)NCc1cn(-c2ccccc2)nc1-c1ccncc1. The molecule has 4 aromatic rings. The van der Waals surface area contributed by atoms with Crippen LogP contribution in [0.15, 0.2) is 61.1 Å². The van der Waals surface area contributed by atoms with Crippen LogP contribution in [0.3, 0.4) is 0 Å². The molecule has 1 N–H and O–H groups in total. The maximum absolute atomic E-state index is 12.9. The number of nitrogens with zero attached hydrogens (tertiary/aromatic N) is 5. The normalized spacial score (nSPS) is 11.2. The Morgan fingerprint density at radius 2 is 1.76 bits per heavy atom. The highest BCUT2D eigenvalue weighted by atomic mass is 16.1. The number of pyridine rings is 1. The summed E-state index contributed by atoms with van der Waals surface area (Å²) in [6, 6.07) is 13.8. The van der Waals surface area contributed by atoms with Crippen molar-refractivity contribution >= 4 is 5.91 Å². The molecule has 1 amide bonds. The van der Waals surface area contributed by atoms with Crippen molar-refractivity contribution < 1.29 is 4.79 Å². The van der Waals surface area contributed by atoms with Gasteiger partial charge in [-0.15, -0.1) is 0 Å². The lowest BCUT2D eigenvalue weighted by atomic mass is 10.1. The fourth-order valence-electron chi connectivity index (χ4n) is 3.94. The molecule has 0 fully saturated rings. The van der Waals surface area contributed by atoms with E-state index in [1.807, 2.05) is 71.9 Å². The zero-order valence-corrected chi connectivity index (χ0v) is 19.6. The van der Waals surface area contributed by atoms with E-state index in [4.69, 9.17) is 5.10 Å². The van der Waals surface area contributed by atoms with Gasteiger partial charge in [0.25, 0.3) is 0 Å². The van der Waals surface area contributed by atoms with Crippen molar-refractivity contribution in [1.29, 1.82) is 0 Å². The first-order chi connectivity index (χ1) is 15.9. The number of para-hydroxylation sites is 1. The van der Waals surface area contributed by atoms with Crippen LogP contribution >= 0.6 is 0 Å². The molecule has 1 aromatic carbocycles. The second kappa shape index (κ2) is 9.81. The maximum atomic E-state index is 12.9. The lowest BCUT2D eigenvalue weighted by Gasteiger charge is -2.08. The number of hydrogen-bond acceptors (Lipinski definition) is 4. The highest BCUT2D eigenvalue weighted by Gasteiger charge is 2.17. The lowest BCUT2D eigenvalue weighted by Crippen LogP contribution is -2.25. The number of benzene rings is 1. The summed E-state index contributed by atoms with van der Waals surface area (Å²) in [6.45, 7) is 9.58. The average Bonchev–Trinajstić information content (AvgIpc) is 3.35.